The van der Waals surface area contributed by atoms with E-state index in [1.54, 1.807) is 6.07 Å². The molecule has 0 aromatic heterocycles. The number of nitrogens with two attached hydrogens (primary N) is 2. The lowest BCUT2D eigenvalue weighted by Crippen LogP contribution is -2.23. The van der Waals surface area contributed by atoms with Crippen molar-refractivity contribution in [3.05, 3.63) is 23.8 Å². The van der Waals surface area contributed by atoms with Gasteiger partial charge in [-0.3, -0.25) is 4.99 Å². The Bertz CT molecular complexity index is 366. The van der Waals surface area contributed by atoms with E-state index < -0.39 is 0 Å². The fourth-order valence-corrected chi connectivity index (χ4v) is 1.36. The van der Waals surface area contributed by atoms with Crippen LogP contribution in [0.3, 0.4) is 0 Å². The fourth-order valence-electron chi connectivity index (χ4n) is 1.10. The highest BCUT2D eigenvalue weighted by Gasteiger charge is 2.02. The molecule has 0 aliphatic carbocycles. The predicted octanol–water partition coefficient (Wildman–Crippen LogP) is 1.18. The molecule has 0 atom stereocenters. The Balaban J connectivity index is 2.63. The van der Waals surface area contributed by atoms with Gasteiger partial charge in [-0.1, -0.05) is 6.07 Å². The highest BCUT2D eigenvalue weighted by Crippen LogP contribution is 2.29. The van der Waals surface area contributed by atoms with Gasteiger partial charge in [0.05, 0.1) is 17.0 Å². The van der Waals surface area contributed by atoms with Crippen molar-refractivity contribution in [3.8, 4) is 5.75 Å². The quantitative estimate of drug-likeness (QED) is 0.534. The van der Waals surface area contributed by atoms with Gasteiger partial charge in [-0.25, -0.2) is 0 Å². The zero-order valence-electron chi connectivity index (χ0n) is 7.98. The standard InChI is InChI=1S/C9H12FN3OS/c10-15-8-2-1-6(5-7(8)14)3-4-13-9(11)12/h1-2,5,14H,3-4H2,(H4,11,12,13). The number of halogens is 1. The predicted molar refractivity (Wildman–Crippen MR) is 59.5 cm³/mol. The van der Waals surface area contributed by atoms with E-state index in [0.29, 0.717) is 13.0 Å². The van der Waals surface area contributed by atoms with Gasteiger partial charge < -0.3 is 16.6 Å². The number of nitrogens with zero attached hydrogens (tertiary/aromatic N) is 1. The topological polar surface area (TPSA) is 84.6 Å². The highest BCUT2D eigenvalue weighted by atomic mass is 32.2. The molecule has 0 amide bonds. The number of aliphatic imine (C=N–C) groups is 1. The van der Waals surface area contributed by atoms with Crippen molar-refractivity contribution >= 4 is 18.1 Å². The van der Waals surface area contributed by atoms with Crippen molar-refractivity contribution in [1.82, 2.24) is 0 Å². The van der Waals surface area contributed by atoms with E-state index in [0.717, 1.165) is 5.56 Å². The van der Waals surface area contributed by atoms with Gasteiger partial charge in [0.1, 0.15) is 5.75 Å². The lowest BCUT2D eigenvalue weighted by molar-refractivity contribution is 0.461. The number of rotatable bonds is 4. The molecule has 0 saturated carbocycles. The second-order valence-corrected chi connectivity index (χ2v) is 3.53. The van der Waals surface area contributed by atoms with Crippen LogP contribution < -0.4 is 11.5 Å². The van der Waals surface area contributed by atoms with Crippen LogP contribution in [0.1, 0.15) is 5.56 Å². The molecule has 0 radical (unpaired) electrons. The third-order valence-corrected chi connectivity index (χ3v) is 2.31. The van der Waals surface area contributed by atoms with Gasteiger partial charge >= 0.3 is 0 Å². The first kappa shape index (κ1) is 11.6. The summed E-state index contributed by atoms with van der Waals surface area (Å²) in [7, 11) is 0. The Labute approximate surface area is 91.5 Å². The summed E-state index contributed by atoms with van der Waals surface area (Å²) in [6, 6.07) is 4.75. The summed E-state index contributed by atoms with van der Waals surface area (Å²) in [6.45, 7) is 0.448. The molecule has 0 aliphatic heterocycles. The Hall–Kier alpha value is -1.43. The molecule has 0 bridgehead atoms. The molecule has 15 heavy (non-hydrogen) atoms. The first-order valence-corrected chi connectivity index (χ1v) is 5.01. The van der Waals surface area contributed by atoms with Crippen molar-refractivity contribution in [1.29, 1.82) is 0 Å². The third-order valence-electron chi connectivity index (χ3n) is 1.80. The molecule has 0 saturated heterocycles. The number of aromatic hydroxyl groups is 1. The summed E-state index contributed by atoms with van der Waals surface area (Å²) in [5.74, 6) is -0.0279. The zero-order chi connectivity index (χ0) is 11.3. The second kappa shape index (κ2) is 5.45. The van der Waals surface area contributed by atoms with Crippen molar-refractivity contribution in [2.75, 3.05) is 6.54 Å². The average Bonchev–Trinajstić information content (AvgIpc) is 2.17. The van der Waals surface area contributed by atoms with Crippen LogP contribution in [-0.2, 0) is 6.42 Å². The lowest BCUT2D eigenvalue weighted by Gasteiger charge is -2.02. The van der Waals surface area contributed by atoms with Crippen molar-refractivity contribution in [3.63, 3.8) is 0 Å². The monoisotopic (exact) mass is 229 g/mol. The van der Waals surface area contributed by atoms with E-state index in [-0.39, 0.29) is 28.8 Å². The molecule has 1 aromatic rings. The molecular formula is C9H12FN3OS. The van der Waals surface area contributed by atoms with E-state index in [1.807, 2.05) is 0 Å². The molecule has 0 aliphatic rings. The van der Waals surface area contributed by atoms with Gasteiger partial charge in [0, 0.05) is 6.54 Å². The largest absolute Gasteiger partial charge is 0.507 e. The highest BCUT2D eigenvalue weighted by molar-refractivity contribution is 7.94. The normalized spacial score (nSPS) is 9.93. The number of guanidine groups is 1. The van der Waals surface area contributed by atoms with Crippen LogP contribution in [0, 0.1) is 0 Å². The van der Waals surface area contributed by atoms with E-state index in [2.05, 4.69) is 4.99 Å². The van der Waals surface area contributed by atoms with Gasteiger partial charge in [0.25, 0.3) is 0 Å². The van der Waals surface area contributed by atoms with Gasteiger partial charge in [-0.05, 0) is 24.1 Å². The number of hydrogen-bond acceptors (Lipinski definition) is 3. The minimum atomic E-state index is -0.0651. The second-order valence-electron chi connectivity index (χ2n) is 2.94. The molecular weight excluding hydrogens is 217 g/mol. The Morgan fingerprint density at radius 1 is 1.47 bits per heavy atom. The van der Waals surface area contributed by atoms with Crippen LogP contribution in [0.15, 0.2) is 28.1 Å². The fraction of sp³-hybridized carbons (Fsp3) is 0.222. The van der Waals surface area contributed by atoms with E-state index >= 15 is 0 Å². The van der Waals surface area contributed by atoms with Gasteiger partial charge in [0.15, 0.2) is 5.96 Å². The molecule has 1 aromatic carbocycles. The molecule has 1 rings (SSSR count). The van der Waals surface area contributed by atoms with Gasteiger partial charge in [-0.2, -0.15) is 3.89 Å². The van der Waals surface area contributed by atoms with Crippen LogP contribution in [0.25, 0.3) is 0 Å². The maximum absolute atomic E-state index is 12.2. The summed E-state index contributed by atoms with van der Waals surface area (Å²) in [6.07, 6.45) is 0.600. The minimum absolute atomic E-state index is 0.0153. The first-order valence-electron chi connectivity index (χ1n) is 4.29. The Kier molecular flexibility index (Phi) is 4.23. The minimum Gasteiger partial charge on any atom is -0.507 e. The van der Waals surface area contributed by atoms with Crippen LogP contribution in [0.5, 0.6) is 5.75 Å². The summed E-state index contributed by atoms with van der Waals surface area (Å²) < 4.78 is 12.2. The average molecular weight is 229 g/mol. The summed E-state index contributed by atoms with van der Waals surface area (Å²) in [5, 5.41) is 9.35. The molecule has 0 fully saturated rings. The zero-order valence-corrected chi connectivity index (χ0v) is 8.80. The smallest absolute Gasteiger partial charge is 0.185 e. The summed E-state index contributed by atoms with van der Waals surface area (Å²) in [4.78, 5) is 4.01. The molecule has 0 heterocycles. The molecule has 0 spiro atoms. The number of phenols is 1. The maximum atomic E-state index is 12.2. The molecule has 4 nitrogen and oxygen atoms in total. The van der Waals surface area contributed by atoms with Crippen molar-refractivity contribution < 1.29 is 8.99 Å². The molecule has 6 heteroatoms. The van der Waals surface area contributed by atoms with Crippen LogP contribution in [0.2, 0.25) is 0 Å². The van der Waals surface area contributed by atoms with E-state index in [4.69, 9.17) is 11.5 Å². The number of phenolic OH excluding ortho intramolecular Hbond substituents is 1. The Morgan fingerprint density at radius 3 is 2.73 bits per heavy atom. The van der Waals surface area contributed by atoms with Gasteiger partial charge in [-0.15, -0.1) is 0 Å². The van der Waals surface area contributed by atoms with Crippen LogP contribution in [0.4, 0.5) is 3.89 Å². The van der Waals surface area contributed by atoms with Crippen LogP contribution in [-0.4, -0.2) is 17.6 Å². The van der Waals surface area contributed by atoms with Crippen LogP contribution >= 0.6 is 12.1 Å². The first-order chi connectivity index (χ1) is 7.13. The maximum Gasteiger partial charge on any atom is 0.185 e. The summed E-state index contributed by atoms with van der Waals surface area (Å²) in [5.41, 5.74) is 11.2. The molecule has 5 N–H and O–H groups in total. The van der Waals surface area contributed by atoms with Gasteiger partial charge in [0.2, 0.25) is 0 Å². The third kappa shape index (κ3) is 3.67. The SMILES string of the molecule is NC(N)=NCCc1ccc(SF)c(O)c1. The Morgan fingerprint density at radius 2 is 2.20 bits per heavy atom. The lowest BCUT2D eigenvalue weighted by atomic mass is 10.1. The van der Waals surface area contributed by atoms with Crippen molar-refractivity contribution in [2.45, 2.75) is 11.3 Å². The number of benzene rings is 1. The molecule has 82 valence electrons. The summed E-state index contributed by atoms with van der Waals surface area (Å²) >= 11 is 0.0153. The number of hydrogen-bond donors (Lipinski definition) is 3. The van der Waals surface area contributed by atoms with Crippen molar-refractivity contribution in [2.24, 2.45) is 16.5 Å². The molecule has 0 unspecified atom stereocenters. The van der Waals surface area contributed by atoms with E-state index in [9.17, 15) is 8.99 Å². The van der Waals surface area contributed by atoms with E-state index in [1.165, 1.54) is 12.1 Å².